The third-order valence-electron chi connectivity index (χ3n) is 6.90. The van der Waals surface area contributed by atoms with Crippen molar-refractivity contribution in [3.8, 4) is 5.75 Å². The largest absolute Gasteiger partial charge is 0.489 e. The number of amides is 1. The van der Waals surface area contributed by atoms with E-state index in [-0.39, 0.29) is 19.0 Å². The fourth-order valence-electron chi connectivity index (χ4n) is 4.73. The summed E-state index contributed by atoms with van der Waals surface area (Å²) in [5.41, 5.74) is 4.65. The van der Waals surface area contributed by atoms with Gasteiger partial charge in [-0.1, -0.05) is 11.2 Å². The lowest BCUT2D eigenvalue weighted by atomic mass is 10.1. The van der Waals surface area contributed by atoms with Gasteiger partial charge >= 0.3 is 0 Å². The topological polar surface area (TPSA) is 93.0 Å². The number of benzene rings is 2. The Kier molecular flexibility index (Phi) is 6.37. The Labute approximate surface area is 205 Å². The van der Waals surface area contributed by atoms with Crippen molar-refractivity contribution in [2.45, 2.75) is 44.6 Å². The van der Waals surface area contributed by atoms with Crippen LogP contribution in [0.15, 0.2) is 51.9 Å². The van der Waals surface area contributed by atoms with Crippen LogP contribution in [-0.4, -0.2) is 54.9 Å². The zero-order valence-corrected chi connectivity index (χ0v) is 20.8. The molecule has 0 spiro atoms. The third kappa shape index (κ3) is 4.70. The molecule has 1 fully saturated rings. The van der Waals surface area contributed by atoms with Crippen molar-refractivity contribution >= 4 is 15.9 Å². The predicted octanol–water partition coefficient (Wildman–Crippen LogP) is 3.51. The Bertz CT molecular complexity index is 1320. The SMILES string of the molecule is Cc1noc(C)c1COc1ccc(C(=O)N2CCN(S(=O)(=O)c3ccc4c(c3)CCC4)CC2)cc1. The summed E-state index contributed by atoms with van der Waals surface area (Å²) in [6.45, 7) is 5.33. The molecule has 1 aliphatic carbocycles. The van der Waals surface area contributed by atoms with Crippen LogP contribution >= 0.6 is 0 Å². The van der Waals surface area contributed by atoms with E-state index in [4.69, 9.17) is 9.26 Å². The van der Waals surface area contributed by atoms with E-state index in [1.807, 2.05) is 26.0 Å². The number of sulfonamides is 1. The number of rotatable bonds is 6. The number of ether oxygens (including phenoxy) is 1. The highest BCUT2D eigenvalue weighted by atomic mass is 32.2. The molecular formula is C26H29N3O5S. The predicted molar refractivity (Wildman–Crippen MR) is 130 cm³/mol. The minimum atomic E-state index is -3.57. The molecule has 1 aromatic heterocycles. The van der Waals surface area contributed by atoms with Gasteiger partial charge in [0, 0.05) is 31.7 Å². The highest BCUT2D eigenvalue weighted by molar-refractivity contribution is 7.89. The molecule has 2 aliphatic rings. The zero-order chi connectivity index (χ0) is 24.6. The van der Waals surface area contributed by atoms with E-state index in [1.54, 1.807) is 35.2 Å². The van der Waals surface area contributed by atoms with Crippen LogP contribution in [0.5, 0.6) is 5.75 Å². The van der Waals surface area contributed by atoms with Crippen LogP contribution < -0.4 is 4.74 Å². The van der Waals surface area contributed by atoms with Gasteiger partial charge in [-0.05, 0) is 80.6 Å². The number of aromatic nitrogens is 1. The maximum Gasteiger partial charge on any atom is 0.253 e. The van der Waals surface area contributed by atoms with Crippen molar-refractivity contribution in [2.75, 3.05) is 26.2 Å². The molecule has 0 saturated carbocycles. The first-order valence-electron chi connectivity index (χ1n) is 11.9. The minimum absolute atomic E-state index is 0.114. The Morgan fingerprint density at radius 3 is 2.40 bits per heavy atom. The van der Waals surface area contributed by atoms with Gasteiger partial charge in [0.25, 0.3) is 5.91 Å². The number of nitrogens with zero attached hydrogens (tertiary/aromatic N) is 3. The van der Waals surface area contributed by atoms with E-state index in [0.717, 1.165) is 41.8 Å². The van der Waals surface area contributed by atoms with Crippen molar-refractivity contribution in [1.29, 1.82) is 0 Å². The molecule has 2 aromatic carbocycles. The van der Waals surface area contributed by atoms with E-state index in [9.17, 15) is 13.2 Å². The van der Waals surface area contributed by atoms with Gasteiger partial charge in [0.15, 0.2) is 0 Å². The molecule has 35 heavy (non-hydrogen) atoms. The van der Waals surface area contributed by atoms with Crippen LogP contribution in [-0.2, 0) is 29.5 Å². The molecule has 0 bridgehead atoms. The lowest BCUT2D eigenvalue weighted by molar-refractivity contribution is 0.0698. The fraction of sp³-hybridized carbons (Fsp3) is 0.385. The van der Waals surface area contributed by atoms with Crippen LogP contribution in [0.2, 0.25) is 0 Å². The second-order valence-electron chi connectivity index (χ2n) is 9.10. The number of fused-ring (bicyclic) bond motifs is 1. The first-order valence-corrected chi connectivity index (χ1v) is 13.3. The van der Waals surface area contributed by atoms with Crippen molar-refractivity contribution < 1.29 is 22.5 Å². The van der Waals surface area contributed by atoms with E-state index in [1.165, 1.54) is 9.87 Å². The molecule has 0 unspecified atom stereocenters. The minimum Gasteiger partial charge on any atom is -0.489 e. The number of hydrogen-bond donors (Lipinski definition) is 0. The Morgan fingerprint density at radius 1 is 1.00 bits per heavy atom. The molecule has 0 radical (unpaired) electrons. The van der Waals surface area contributed by atoms with Crippen molar-refractivity contribution in [2.24, 2.45) is 0 Å². The number of piperazine rings is 1. The van der Waals surface area contributed by atoms with Gasteiger partial charge in [0.2, 0.25) is 10.0 Å². The van der Waals surface area contributed by atoms with Gasteiger partial charge in [-0.3, -0.25) is 4.79 Å². The van der Waals surface area contributed by atoms with E-state index in [2.05, 4.69) is 5.16 Å². The maximum atomic E-state index is 13.2. The number of aryl methyl sites for hydroxylation is 4. The molecule has 3 aromatic rings. The molecule has 9 heteroatoms. The summed E-state index contributed by atoms with van der Waals surface area (Å²) in [5, 5.41) is 3.92. The Morgan fingerprint density at radius 2 is 1.71 bits per heavy atom. The zero-order valence-electron chi connectivity index (χ0n) is 20.0. The van der Waals surface area contributed by atoms with Crippen LogP contribution in [0.25, 0.3) is 0 Å². The van der Waals surface area contributed by atoms with Crippen LogP contribution in [0, 0.1) is 13.8 Å². The molecule has 8 nitrogen and oxygen atoms in total. The lowest BCUT2D eigenvalue weighted by Gasteiger charge is -2.34. The van der Waals surface area contributed by atoms with Gasteiger partial charge < -0.3 is 14.2 Å². The standard InChI is InChI=1S/C26H29N3O5S/c1-18-25(19(2)34-27-18)17-33-23-9-6-21(7-10-23)26(30)28-12-14-29(15-13-28)35(31,32)24-11-8-20-4-3-5-22(20)16-24/h6-11,16H,3-5,12-15,17H2,1-2H3. The summed E-state index contributed by atoms with van der Waals surface area (Å²) < 4.78 is 38.8. The van der Waals surface area contributed by atoms with Crippen LogP contribution in [0.3, 0.4) is 0 Å². The molecular weight excluding hydrogens is 466 g/mol. The number of carbonyl (C=O) groups is 1. The lowest BCUT2D eigenvalue weighted by Crippen LogP contribution is -2.50. The summed E-state index contributed by atoms with van der Waals surface area (Å²) in [6, 6.07) is 12.5. The van der Waals surface area contributed by atoms with Crippen LogP contribution in [0.1, 0.15) is 44.9 Å². The quantitative estimate of drug-likeness (QED) is 0.520. The summed E-state index contributed by atoms with van der Waals surface area (Å²) in [4.78, 5) is 15.1. The second-order valence-corrected chi connectivity index (χ2v) is 11.0. The molecule has 1 aliphatic heterocycles. The molecule has 5 rings (SSSR count). The van der Waals surface area contributed by atoms with Gasteiger partial charge in [0.05, 0.1) is 16.2 Å². The van der Waals surface area contributed by atoms with E-state index in [0.29, 0.717) is 35.9 Å². The maximum absolute atomic E-state index is 13.2. The first-order chi connectivity index (χ1) is 16.8. The van der Waals surface area contributed by atoms with Crippen molar-refractivity contribution in [3.05, 3.63) is 76.2 Å². The second kappa shape index (κ2) is 9.47. The Hall–Kier alpha value is -3.17. The average Bonchev–Trinajstić information content (AvgIpc) is 3.48. The molecule has 0 atom stereocenters. The molecule has 0 N–H and O–H groups in total. The normalized spacial score (nSPS) is 16.3. The summed E-state index contributed by atoms with van der Waals surface area (Å²) >= 11 is 0. The van der Waals surface area contributed by atoms with Gasteiger partial charge in [-0.2, -0.15) is 4.31 Å². The monoisotopic (exact) mass is 495 g/mol. The number of hydrogen-bond acceptors (Lipinski definition) is 6. The van der Waals surface area contributed by atoms with Crippen LogP contribution in [0.4, 0.5) is 0 Å². The molecule has 184 valence electrons. The molecule has 1 amide bonds. The van der Waals surface area contributed by atoms with Crippen molar-refractivity contribution in [1.82, 2.24) is 14.4 Å². The van der Waals surface area contributed by atoms with Gasteiger partial charge in [-0.15, -0.1) is 0 Å². The molecule has 2 heterocycles. The number of carbonyl (C=O) groups excluding carboxylic acids is 1. The summed E-state index contributed by atoms with van der Waals surface area (Å²) in [6.07, 6.45) is 3.03. The fourth-order valence-corrected chi connectivity index (χ4v) is 6.20. The first kappa shape index (κ1) is 23.6. The highest BCUT2D eigenvalue weighted by Crippen LogP contribution is 2.27. The molecule has 1 saturated heterocycles. The summed E-state index contributed by atoms with van der Waals surface area (Å²) in [5.74, 6) is 1.26. The average molecular weight is 496 g/mol. The smallest absolute Gasteiger partial charge is 0.253 e. The van der Waals surface area contributed by atoms with Crippen molar-refractivity contribution in [3.63, 3.8) is 0 Å². The third-order valence-corrected chi connectivity index (χ3v) is 8.79. The van der Waals surface area contributed by atoms with E-state index < -0.39 is 10.0 Å². The van der Waals surface area contributed by atoms with Gasteiger partial charge in [-0.25, -0.2) is 8.42 Å². The van der Waals surface area contributed by atoms with Gasteiger partial charge in [0.1, 0.15) is 18.1 Å². The van der Waals surface area contributed by atoms with E-state index >= 15 is 0 Å². The summed E-state index contributed by atoms with van der Waals surface area (Å²) in [7, 11) is -3.57. The highest BCUT2D eigenvalue weighted by Gasteiger charge is 2.31. The Balaban J connectivity index is 1.18.